The molecule has 0 bridgehead atoms. The van der Waals surface area contributed by atoms with Crippen molar-refractivity contribution in [3.8, 4) is 17.2 Å². The molecule has 2 aromatic rings. The second kappa shape index (κ2) is 10.3. The first kappa shape index (κ1) is 22.6. The molecule has 1 atom stereocenters. The topological polar surface area (TPSA) is 60.0 Å². The second-order valence-electron chi connectivity index (χ2n) is 8.08. The van der Waals surface area contributed by atoms with Gasteiger partial charge in [0.15, 0.2) is 11.5 Å². The summed E-state index contributed by atoms with van der Waals surface area (Å²) in [6, 6.07) is 14.4. The number of ether oxygens (including phenoxy) is 3. The normalized spacial score (nSPS) is 20.9. The van der Waals surface area contributed by atoms with Crippen molar-refractivity contribution in [3.63, 3.8) is 0 Å². The second-order valence-corrected chi connectivity index (χ2v) is 9.20. The van der Waals surface area contributed by atoms with E-state index in [-0.39, 0.29) is 11.4 Å². The maximum absolute atomic E-state index is 12.7. The summed E-state index contributed by atoms with van der Waals surface area (Å²) in [5.74, 6) is 2.33. The predicted molar refractivity (Wildman–Crippen MR) is 128 cm³/mol. The molecule has 0 radical (unpaired) electrons. The summed E-state index contributed by atoms with van der Waals surface area (Å²) >= 11 is 1.58. The quantitative estimate of drug-likeness (QED) is 0.634. The van der Waals surface area contributed by atoms with Crippen LogP contribution in [0.2, 0.25) is 0 Å². The van der Waals surface area contributed by atoms with E-state index in [9.17, 15) is 4.79 Å². The van der Waals surface area contributed by atoms with E-state index in [1.54, 1.807) is 33.1 Å². The van der Waals surface area contributed by atoms with E-state index in [4.69, 9.17) is 14.2 Å². The summed E-state index contributed by atoms with van der Waals surface area (Å²) in [5.41, 5.74) is 2.22. The van der Waals surface area contributed by atoms with Gasteiger partial charge in [0.25, 0.3) is 5.91 Å². The number of nitrogens with one attached hydrogen (secondary N) is 1. The van der Waals surface area contributed by atoms with Crippen LogP contribution < -0.4 is 19.5 Å². The number of hydrogen-bond donors (Lipinski definition) is 1. The zero-order valence-corrected chi connectivity index (χ0v) is 19.6. The molecule has 1 amide bonds. The average Bonchev–Trinajstić information content (AvgIpc) is 3.19. The van der Waals surface area contributed by atoms with Crippen LogP contribution in [-0.4, -0.2) is 50.7 Å². The molecular weight excluding hydrogens is 424 g/mol. The number of methoxy groups -OCH3 is 3. The summed E-state index contributed by atoms with van der Waals surface area (Å²) in [7, 11) is 4.75. The molecule has 0 aromatic heterocycles. The van der Waals surface area contributed by atoms with Gasteiger partial charge in [0.05, 0.1) is 26.2 Å². The molecule has 32 heavy (non-hydrogen) atoms. The van der Waals surface area contributed by atoms with Crippen molar-refractivity contribution in [1.82, 2.24) is 10.2 Å². The maximum atomic E-state index is 12.7. The maximum Gasteiger partial charge on any atom is 0.259 e. The molecule has 6 nitrogen and oxygen atoms in total. The Balaban J connectivity index is 1.40. The highest BCUT2D eigenvalue weighted by atomic mass is 32.2. The van der Waals surface area contributed by atoms with Crippen molar-refractivity contribution < 1.29 is 19.0 Å². The Labute approximate surface area is 193 Å². The Bertz CT molecular complexity index is 946. The lowest BCUT2D eigenvalue weighted by Gasteiger charge is -2.35. The number of piperidine rings is 1. The largest absolute Gasteiger partial charge is 0.493 e. The minimum atomic E-state index is -0.0415. The molecule has 0 spiro atoms. The van der Waals surface area contributed by atoms with Crippen LogP contribution in [0.1, 0.15) is 24.0 Å². The molecule has 2 saturated heterocycles. The van der Waals surface area contributed by atoms with E-state index >= 15 is 0 Å². The Morgan fingerprint density at radius 2 is 1.69 bits per heavy atom. The fourth-order valence-corrected chi connectivity index (χ4v) is 5.46. The van der Waals surface area contributed by atoms with E-state index in [2.05, 4.69) is 40.5 Å². The van der Waals surface area contributed by atoms with Crippen LogP contribution in [0.15, 0.2) is 47.4 Å². The third kappa shape index (κ3) is 5.05. The number of likely N-dealkylation sites (tertiary alicyclic amines) is 1. The van der Waals surface area contributed by atoms with Gasteiger partial charge >= 0.3 is 0 Å². The predicted octanol–water partition coefficient (Wildman–Crippen LogP) is 4.15. The van der Waals surface area contributed by atoms with Gasteiger partial charge in [-0.1, -0.05) is 42.1 Å². The van der Waals surface area contributed by atoms with Gasteiger partial charge in [-0.3, -0.25) is 9.69 Å². The lowest BCUT2D eigenvalue weighted by atomic mass is 9.90. The van der Waals surface area contributed by atoms with Gasteiger partial charge in [-0.05, 0) is 54.5 Å². The zero-order chi connectivity index (χ0) is 22.5. The van der Waals surface area contributed by atoms with Crippen molar-refractivity contribution >= 4 is 23.7 Å². The third-order valence-electron chi connectivity index (χ3n) is 6.05. The van der Waals surface area contributed by atoms with Crippen molar-refractivity contribution in [2.45, 2.75) is 24.8 Å². The van der Waals surface area contributed by atoms with Gasteiger partial charge in [0.1, 0.15) is 5.50 Å². The molecule has 0 unspecified atom stereocenters. The van der Waals surface area contributed by atoms with Crippen molar-refractivity contribution in [2.24, 2.45) is 5.92 Å². The molecule has 170 valence electrons. The van der Waals surface area contributed by atoms with Gasteiger partial charge in [-0.2, -0.15) is 0 Å². The highest BCUT2D eigenvalue weighted by Gasteiger charge is 2.34. The minimum absolute atomic E-state index is 0.0199. The van der Waals surface area contributed by atoms with Gasteiger partial charge in [-0.25, -0.2) is 0 Å². The van der Waals surface area contributed by atoms with E-state index in [0.717, 1.165) is 37.9 Å². The SMILES string of the molecule is COc1cc(/C=C2/S[C@H](N3CCC(Cc4ccccc4)CC3)NC2=O)cc(OC)c1OC. The van der Waals surface area contributed by atoms with Gasteiger partial charge < -0.3 is 19.5 Å². The number of carbonyl (C=O) groups excluding carboxylic acids is 1. The van der Waals surface area contributed by atoms with Crippen LogP contribution in [0.5, 0.6) is 17.2 Å². The zero-order valence-electron chi connectivity index (χ0n) is 18.8. The molecule has 0 aliphatic carbocycles. The number of amides is 1. The van der Waals surface area contributed by atoms with E-state index in [0.29, 0.717) is 28.1 Å². The molecule has 0 saturated carbocycles. The number of nitrogens with zero attached hydrogens (tertiary/aromatic N) is 1. The van der Waals surface area contributed by atoms with Gasteiger partial charge in [0, 0.05) is 13.1 Å². The first-order valence-electron chi connectivity index (χ1n) is 10.9. The minimum Gasteiger partial charge on any atom is -0.493 e. The molecule has 1 N–H and O–H groups in total. The molecule has 2 heterocycles. The monoisotopic (exact) mass is 454 g/mol. The summed E-state index contributed by atoms with van der Waals surface area (Å²) < 4.78 is 16.2. The lowest BCUT2D eigenvalue weighted by Crippen LogP contribution is -2.45. The molecule has 2 aliphatic heterocycles. The molecule has 2 fully saturated rings. The first-order valence-corrected chi connectivity index (χ1v) is 11.8. The van der Waals surface area contributed by atoms with Crippen LogP contribution in [0.3, 0.4) is 0 Å². The summed E-state index contributed by atoms with van der Waals surface area (Å²) in [4.78, 5) is 15.7. The van der Waals surface area contributed by atoms with E-state index in [1.165, 1.54) is 5.56 Å². The molecule has 7 heteroatoms. The molecular formula is C25H30N2O4S. The fraction of sp³-hybridized carbons (Fsp3) is 0.400. The Hall–Kier alpha value is -2.64. The number of thioether (sulfide) groups is 1. The molecule has 4 rings (SSSR count). The van der Waals surface area contributed by atoms with Crippen LogP contribution in [-0.2, 0) is 11.2 Å². The summed E-state index contributed by atoms with van der Waals surface area (Å²) in [6.07, 6.45) is 5.30. The third-order valence-corrected chi connectivity index (χ3v) is 7.25. The number of hydrogen-bond acceptors (Lipinski definition) is 6. The smallest absolute Gasteiger partial charge is 0.259 e. The average molecular weight is 455 g/mol. The molecule has 2 aromatic carbocycles. The summed E-state index contributed by atoms with van der Waals surface area (Å²) in [5, 5.41) is 3.13. The fourth-order valence-electron chi connectivity index (χ4n) is 4.33. The van der Waals surface area contributed by atoms with E-state index in [1.807, 2.05) is 18.2 Å². The van der Waals surface area contributed by atoms with Crippen molar-refractivity contribution in [1.29, 1.82) is 0 Å². The van der Waals surface area contributed by atoms with Gasteiger partial charge in [0.2, 0.25) is 5.75 Å². The Morgan fingerprint density at radius 3 is 2.28 bits per heavy atom. The molecule has 2 aliphatic rings. The number of rotatable bonds is 7. The highest BCUT2D eigenvalue weighted by molar-refractivity contribution is 8.05. The summed E-state index contributed by atoms with van der Waals surface area (Å²) in [6.45, 7) is 1.99. The Kier molecular flexibility index (Phi) is 7.27. The highest BCUT2D eigenvalue weighted by Crippen LogP contribution is 2.40. The number of carbonyl (C=O) groups is 1. The first-order chi connectivity index (χ1) is 15.6. The Morgan fingerprint density at radius 1 is 1.03 bits per heavy atom. The van der Waals surface area contributed by atoms with Gasteiger partial charge in [-0.15, -0.1) is 0 Å². The van der Waals surface area contributed by atoms with E-state index < -0.39 is 0 Å². The van der Waals surface area contributed by atoms with Crippen LogP contribution >= 0.6 is 11.8 Å². The van der Waals surface area contributed by atoms with Crippen LogP contribution in [0.25, 0.3) is 6.08 Å². The standard InChI is InChI=1S/C25H30N2O4S/c1-29-20-14-19(15-21(30-2)23(20)31-3)16-22-24(28)26-25(32-22)27-11-9-18(10-12-27)13-17-7-5-4-6-8-17/h4-8,14-16,18,25H,9-13H2,1-3H3,(H,26,28)/b22-16+/t25-/m0/s1. The van der Waals surface area contributed by atoms with Crippen LogP contribution in [0, 0.1) is 5.92 Å². The van der Waals surface area contributed by atoms with Crippen molar-refractivity contribution in [3.05, 3.63) is 58.5 Å². The lowest BCUT2D eigenvalue weighted by molar-refractivity contribution is -0.117. The van der Waals surface area contributed by atoms with Crippen LogP contribution in [0.4, 0.5) is 0 Å². The number of benzene rings is 2. The van der Waals surface area contributed by atoms with Crippen molar-refractivity contribution in [2.75, 3.05) is 34.4 Å².